The Hall–Kier alpha value is -0.370. The Kier molecular flexibility index (Phi) is 18.7. The number of unbranched alkanes of at least 4 members (excludes halogenated alkanes) is 18. The highest BCUT2D eigenvalue weighted by molar-refractivity contribution is 5.68. The monoisotopic (exact) mass is 382 g/mol. The molecule has 0 aromatic heterocycles. The molecule has 0 spiro atoms. The van der Waals surface area contributed by atoms with Crippen LogP contribution in [0.1, 0.15) is 135 Å². The SMILES string of the molecule is CCCCCCCCCCCCCCCCCCCCCC(=O)[N+](C)(C)C. The number of hydrogen-bond donors (Lipinski definition) is 0. The van der Waals surface area contributed by atoms with Gasteiger partial charge in [-0.2, -0.15) is 0 Å². The van der Waals surface area contributed by atoms with Crippen LogP contribution in [0, 0.1) is 0 Å². The van der Waals surface area contributed by atoms with E-state index in [0.717, 1.165) is 12.8 Å². The minimum atomic E-state index is 0.363. The van der Waals surface area contributed by atoms with E-state index in [9.17, 15) is 4.79 Å². The molecular weight excluding hydrogens is 330 g/mol. The molecule has 0 fully saturated rings. The summed E-state index contributed by atoms with van der Waals surface area (Å²) in [5, 5.41) is 0. The molecule has 2 nitrogen and oxygen atoms in total. The second-order valence-electron chi connectivity index (χ2n) is 9.52. The molecule has 0 aliphatic heterocycles. The molecular formula is C25H52NO+. The van der Waals surface area contributed by atoms with E-state index in [2.05, 4.69) is 6.92 Å². The summed E-state index contributed by atoms with van der Waals surface area (Å²) in [6.07, 6.45) is 27.3. The van der Waals surface area contributed by atoms with Crippen LogP contribution >= 0.6 is 0 Å². The van der Waals surface area contributed by atoms with Crippen molar-refractivity contribution >= 4 is 5.91 Å². The molecule has 0 rings (SSSR count). The predicted molar refractivity (Wildman–Crippen MR) is 121 cm³/mol. The Bertz CT molecular complexity index is 319. The molecule has 2 heteroatoms. The van der Waals surface area contributed by atoms with Crippen molar-refractivity contribution in [3.8, 4) is 0 Å². The van der Waals surface area contributed by atoms with E-state index < -0.39 is 0 Å². The van der Waals surface area contributed by atoms with Crippen LogP contribution in [-0.2, 0) is 4.79 Å². The third kappa shape index (κ3) is 20.2. The van der Waals surface area contributed by atoms with E-state index in [4.69, 9.17) is 0 Å². The smallest absolute Gasteiger partial charge is 0.268 e. The van der Waals surface area contributed by atoms with E-state index in [-0.39, 0.29) is 0 Å². The van der Waals surface area contributed by atoms with Crippen molar-refractivity contribution in [3.05, 3.63) is 0 Å². The summed E-state index contributed by atoms with van der Waals surface area (Å²) in [7, 11) is 5.91. The van der Waals surface area contributed by atoms with Gasteiger partial charge in [0.25, 0.3) is 0 Å². The molecule has 0 radical (unpaired) electrons. The average Bonchev–Trinajstić information content (AvgIpc) is 2.62. The van der Waals surface area contributed by atoms with Gasteiger partial charge in [-0.15, -0.1) is 0 Å². The number of amides is 1. The van der Waals surface area contributed by atoms with Gasteiger partial charge in [-0.3, -0.25) is 4.48 Å². The van der Waals surface area contributed by atoms with Crippen molar-refractivity contribution in [3.63, 3.8) is 0 Å². The topological polar surface area (TPSA) is 17.1 Å². The highest BCUT2D eigenvalue weighted by Crippen LogP contribution is 2.15. The van der Waals surface area contributed by atoms with Gasteiger partial charge in [-0.1, -0.05) is 122 Å². The summed E-state index contributed by atoms with van der Waals surface area (Å²) in [6, 6.07) is 0. The number of carbonyl (C=O) groups excluding carboxylic acids is 1. The summed E-state index contributed by atoms with van der Waals surface area (Å²) < 4.78 is 0.471. The van der Waals surface area contributed by atoms with E-state index in [1.165, 1.54) is 116 Å². The van der Waals surface area contributed by atoms with Crippen LogP contribution in [0.3, 0.4) is 0 Å². The molecule has 0 heterocycles. The lowest BCUT2D eigenvalue weighted by Gasteiger charge is -2.20. The molecule has 0 saturated carbocycles. The molecule has 0 atom stereocenters. The first-order chi connectivity index (χ1) is 13.0. The number of carbonyl (C=O) groups is 1. The maximum atomic E-state index is 11.8. The lowest BCUT2D eigenvalue weighted by atomic mass is 10.0. The summed E-state index contributed by atoms with van der Waals surface area (Å²) in [5.74, 6) is 0.363. The summed E-state index contributed by atoms with van der Waals surface area (Å²) >= 11 is 0. The zero-order valence-electron chi connectivity index (χ0n) is 19.5. The first kappa shape index (κ1) is 26.6. The number of rotatable bonds is 20. The van der Waals surface area contributed by atoms with Crippen LogP contribution in [0.25, 0.3) is 0 Å². The van der Waals surface area contributed by atoms with Gasteiger partial charge in [0.15, 0.2) is 0 Å². The molecule has 0 aromatic rings. The van der Waals surface area contributed by atoms with Crippen molar-refractivity contribution in [2.45, 2.75) is 135 Å². The highest BCUT2D eigenvalue weighted by atomic mass is 16.2. The molecule has 162 valence electrons. The largest absolute Gasteiger partial charge is 0.313 e. The van der Waals surface area contributed by atoms with Crippen molar-refractivity contribution in [2.24, 2.45) is 0 Å². The Morgan fingerprint density at radius 1 is 0.481 bits per heavy atom. The normalized spacial score (nSPS) is 11.9. The van der Waals surface area contributed by atoms with Gasteiger partial charge in [0.05, 0.1) is 27.6 Å². The minimum absolute atomic E-state index is 0.363. The van der Waals surface area contributed by atoms with Gasteiger partial charge >= 0.3 is 5.91 Å². The van der Waals surface area contributed by atoms with Gasteiger partial charge in [0, 0.05) is 0 Å². The van der Waals surface area contributed by atoms with Gasteiger partial charge in [0.2, 0.25) is 0 Å². The fraction of sp³-hybridized carbons (Fsp3) is 0.960. The number of quaternary nitrogens is 1. The van der Waals surface area contributed by atoms with E-state index in [1.54, 1.807) is 0 Å². The molecule has 0 aromatic carbocycles. The van der Waals surface area contributed by atoms with Crippen LogP contribution in [0.15, 0.2) is 0 Å². The molecule has 27 heavy (non-hydrogen) atoms. The Morgan fingerprint density at radius 2 is 0.741 bits per heavy atom. The molecule has 0 N–H and O–H groups in total. The lowest BCUT2D eigenvalue weighted by molar-refractivity contribution is -0.792. The van der Waals surface area contributed by atoms with E-state index >= 15 is 0 Å². The third-order valence-electron chi connectivity index (χ3n) is 5.74. The zero-order chi connectivity index (χ0) is 20.2. The molecule has 1 amide bonds. The van der Waals surface area contributed by atoms with Crippen LogP contribution in [-0.4, -0.2) is 31.5 Å². The predicted octanol–water partition coefficient (Wildman–Crippen LogP) is 8.04. The summed E-state index contributed by atoms with van der Waals surface area (Å²) in [5.41, 5.74) is 0. The quantitative estimate of drug-likeness (QED) is 0.154. The summed E-state index contributed by atoms with van der Waals surface area (Å²) in [6.45, 7) is 2.29. The van der Waals surface area contributed by atoms with Gasteiger partial charge in [0.1, 0.15) is 0 Å². The molecule has 0 unspecified atom stereocenters. The van der Waals surface area contributed by atoms with E-state index in [1.807, 2.05) is 21.1 Å². The third-order valence-corrected chi connectivity index (χ3v) is 5.74. The van der Waals surface area contributed by atoms with Gasteiger partial charge in [-0.25, -0.2) is 4.79 Å². The van der Waals surface area contributed by atoms with Crippen LogP contribution < -0.4 is 0 Å². The fourth-order valence-electron chi connectivity index (χ4n) is 3.69. The van der Waals surface area contributed by atoms with Gasteiger partial charge in [-0.05, 0) is 6.42 Å². The Labute approximate surface area is 172 Å². The minimum Gasteiger partial charge on any atom is -0.268 e. The standard InChI is InChI=1S/C25H52NO/c1-5-6-7-8-9-10-11-12-13-14-15-16-17-18-19-20-21-22-23-24-25(27)26(2,3)4/h5-24H2,1-4H3/q+1. The molecule has 0 aliphatic rings. The van der Waals surface area contributed by atoms with Gasteiger partial charge < -0.3 is 0 Å². The molecule has 0 saturated heterocycles. The Balaban J connectivity index is 3.10. The molecule has 0 bridgehead atoms. The Morgan fingerprint density at radius 3 is 1.00 bits per heavy atom. The van der Waals surface area contributed by atoms with Crippen LogP contribution in [0.4, 0.5) is 0 Å². The summed E-state index contributed by atoms with van der Waals surface area (Å²) in [4.78, 5) is 11.8. The average molecular weight is 383 g/mol. The highest BCUT2D eigenvalue weighted by Gasteiger charge is 2.18. The van der Waals surface area contributed by atoms with Crippen molar-refractivity contribution in [2.75, 3.05) is 21.1 Å². The number of hydrogen-bond acceptors (Lipinski definition) is 1. The van der Waals surface area contributed by atoms with Crippen LogP contribution in [0.2, 0.25) is 0 Å². The number of nitrogens with zero attached hydrogens (tertiary/aromatic N) is 1. The second-order valence-corrected chi connectivity index (χ2v) is 9.52. The van der Waals surface area contributed by atoms with Crippen molar-refractivity contribution < 1.29 is 9.28 Å². The van der Waals surface area contributed by atoms with Crippen molar-refractivity contribution in [1.82, 2.24) is 0 Å². The first-order valence-corrected chi connectivity index (χ1v) is 12.3. The fourth-order valence-corrected chi connectivity index (χ4v) is 3.69. The molecule has 0 aliphatic carbocycles. The second kappa shape index (κ2) is 19.0. The maximum Gasteiger partial charge on any atom is 0.313 e. The zero-order valence-corrected chi connectivity index (χ0v) is 19.5. The maximum absolute atomic E-state index is 11.8. The van der Waals surface area contributed by atoms with Crippen LogP contribution in [0.5, 0.6) is 0 Å². The van der Waals surface area contributed by atoms with E-state index in [0.29, 0.717) is 10.4 Å². The lowest BCUT2D eigenvalue weighted by Crippen LogP contribution is -2.40. The first-order valence-electron chi connectivity index (χ1n) is 12.3. The van der Waals surface area contributed by atoms with Crippen molar-refractivity contribution in [1.29, 1.82) is 0 Å².